The largest absolute Gasteiger partial charge is 0.493 e. The number of carbonyl (C=O) groups excluding carboxylic acids is 1. The SMILES string of the molecule is COc1ccc(CN2CCCC3(CCC(=O)N(C4CC4)C3)C2)cc1OC. The highest BCUT2D eigenvalue weighted by molar-refractivity contribution is 5.78. The minimum atomic E-state index is 0.297. The first-order valence-corrected chi connectivity index (χ1v) is 9.85. The minimum absolute atomic E-state index is 0.297. The van der Waals surface area contributed by atoms with Gasteiger partial charge in [-0.15, -0.1) is 0 Å². The maximum absolute atomic E-state index is 12.3. The van der Waals surface area contributed by atoms with Crippen LogP contribution < -0.4 is 9.47 Å². The molecule has 4 rings (SSSR count). The number of carbonyl (C=O) groups is 1. The molecule has 5 heteroatoms. The molecule has 2 heterocycles. The van der Waals surface area contributed by atoms with Crippen LogP contribution >= 0.6 is 0 Å². The molecule has 1 unspecified atom stereocenters. The number of hydrogen-bond acceptors (Lipinski definition) is 4. The van der Waals surface area contributed by atoms with Gasteiger partial charge in [-0.2, -0.15) is 0 Å². The lowest BCUT2D eigenvalue weighted by atomic mass is 9.73. The molecule has 0 bridgehead atoms. The van der Waals surface area contributed by atoms with Gasteiger partial charge in [0.05, 0.1) is 14.2 Å². The van der Waals surface area contributed by atoms with Crippen molar-refractivity contribution in [1.29, 1.82) is 0 Å². The molecule has 2 aliphatic heterocycles. The lowest BCUT2D eigenvalue weighted by molar-refractivity contribution is -0.140. The quantitative estimate of drug-likeness (QED) is 0.811. The van der Waals surface area contributed by atoms with E-state index < -0.39 is 0 Å². The third kappa shape index (κ3) is 3.54. The number of amides is 1. The van der Waals surface area contributed by atoms with Crippen molar-refractivity contribution in [3.63, 3.8) is 0 Å². The molecule has 1 amide bonds. The van der Waals surface area contributed by atoms with E-state index in [0.29, 0.717) is 17.4 Å². The second kappa shape index (κ2) is 7.10. The number of methoxy groups -OCH3 is 2. The summed E-state index contributed by atoms with van der Waals surface area (Å²) in [6, 6.07) is 6.74. The Kier molecular flexibility index (Phi) is 4.82. The maximum Gasteiger partial charge on any atom is 0.222 e. The van der Waals surface area contributed by atoms with Gasteiger partial charge in [0.15, 0.2) is 11.5 Å². The molecule has 2 saturated heterocycles. The molecule has 1 saturated carbocycles. The predicted molar refractivity (Wildman–Crippen MR) is 100 cm³/mol. The van der Waals surface area contributed by atoms with Gasteiger partial charge in [0.1, 0.15) is 0 Å². The fourth-order valence-electron chi connectivity index (χ4n) is 4.78. The van der Waals surface area contributed by atoms with Crippen molar-refractivity contribution in [2.24, 2.45) is 5.41 Å². The molecule has 5 nitrogen and oxygen atoms in total. The smallest absolute Gasteiger partial charge is 0.222 e. The normalized spacial score (nSPS) is 27.0. The van der Waals surface area contributed by atoms with Crippen LogP contribution in [0.4, 0.5) is 0 Å². The molecule has 1 atom stereocenters. The van der Waals surface area contributed by atoms with E-state index in [1.807, 2.05) is 6.07 Å². The number of benzene rings is 1. The summed E-state index contributed by atoms with van der Waals surface area (Å²) in [5.74, 6) is 1.95. The van der Waals surface area contributed by atoms with Crippen molar-refractivity contribution in [3.8, 4) is 11.5 Å². The van der Waals surface area contributed by atoms with Gasteiger partial charge in [0, 0.05) is 37.5 Å². The van der Waals surface area contributed by atoms with Crippen molar-refractivity contribution >= 4 is 5.91 Å². The number of hydrogen-bond donors (Lipinski definition) is 0. The summed E-state index contributed by atoms with van der Waals surface area (Å²) in [4.78, 5) is 17.1. The highest BCUT2D eigenvalue weighted by atomic mass is 16.5. The van der Waals surface area contributed by atoms with Gasteiger partial charge in [0.2, 0.25) is 5.91 Å². The third-order valence-corrected chi connectivity index (χ3v) is 6.28. The molecule has 3 fully saturated rings. The van der Waals surface area contributed by atoms with E-state index in [-0.39, 0.29) is 0 Å². The molecule has 1 aromatic rings. The van der Waals surface area contributed by atoms with Crippen LogP contribution in [0.1, 0.15) is 44.1 Å². The lowest BCUT2D eigenvalue weighted by Gasteiger charge is -2.48. The summed E-state index contributed by atoms with van der Waals surface area (Å²) < 4.78 is 10.8. The molecule has 142 valence electrons. The Balaban J connectivity index is 1.44. The van der Waals surface area contributed by atoms with E-state index in [2.05, 4.69) is 21.9 Å². The second-order valence-corrected chi connectivity index (χ2v) is 8.26. The zero-order valence-electron chi connectivity index (χ0n) is 16.0. The van der Waals surface area contributed by atoms with Crippen LogP contribution in [0.25, 0.3) is 0 Å². The van der Waals surface area contributed by atoms with Gasteiger partial charge in [-0.1, -0.05) is 6.07 Å². The van der Waals surface area contributed by atoms with Crippen LogP contribution in [0.5, 0.6) is 11.5 Å². The molecular formula is C21H30N2O3. The monoisotopic (exact) mass is 358 g/mol. The van der Waals surface area contributed by atoms with Crippen LogP contribution in [-0.2, 0) is 11.3 Å². The van der Waals surface area contributed by atoms with Crippen LogP contribution in [0.2, 0.25) is 0 Å². The van der Waals surface area contributed by atoms with E-state index in [4.69, 9.17) is 9.47 Å². The van der Waals surface area contributed by atoms with Crippen molar-refractivity contribution in [2.45, 2.75) is 51.1 Å². The van der Waals surface area contributed by atoms with Crippen LogP contribution in [-0.4, -0.2) is 55.6 Å². The summed E-state index contributed by atoms with van der Waals surface area (Å²) in [6.07, 6.45) is 6.68. The van der Waals surface area contributed by atoms with Gasteiger partial charge >= 0.3 is 0 Å². The molecule has 1 spiro atoms. The molecule has 26 heavy (non-hydrogen) atoms. The number of piperidine rings is 2. The van der Waals surface area contributed by atoms with E-state index in [1.165, 1.54) is 31.2 Å². The van der Waals surface area contributed by atoms with E-state index in [0.717, 1.165) is 50.5 Å². The molecule has 3 aliphatic rings. The summed E-state index contributed by atoms with van der Waals surface area (Å²) in [6.45, 7) is 4.13. The highest BCUT2D eigenvalue weighted by Gasteiger charge is 2.45. The first kappa shape index (κ1) is 17.7. The average Bonchev–Trinajstić information content (AvgIpc) is 3.49. The summed E-state index contributed by atoms with van der Waals surface area (Å²) >= 11 is 0. The number of ether oxygens (including phenoxy) is 2. The summed E-state index contributed by atoms with van der Waals surface area (Å²) in [5.41, 5.74) is 1.55. The van der Waals surface area contributed by atoms with Gasteiger partial charge in [-0.3, -0.25) is 9.69 Å². The van der Waals surface area contributed by atoms with Crippen molar-refractivity contribution in [1.82, 2.24) is 9.80 Å². The summed E-state index contributed by atoms with van der Waals surface area (Å²) in [7, 11) is 3.35. The fraction of sp³-hybridized carbons (Fsp3) is 0.667. The molecule has 1 aromatic carbocycles. The van der Waals surface area contributed by atoms with Crippen molar-refractivity contribution in [2.75, 3.05) is 33.9 Å². The van der Waals surface area contributed by atoms with Crippen LogP contribution in [0.3, 0.4) is 0 Å². The van der Waals surface area contributed by atoms with Gasteiger partial charge < -0.3 is 14.4 Å². The topological polar surface area (TPSA) is 42.0 Å². The Hall–Kier alpha value is -1.75. The van der Waals surface area contributed by atoms with E-state index in [1.54, 1.807) is 14.2 Å². The fourth-order valence-corrected chi connectivity index (χ4v) is 4.78. The Labute approximate surface area is 156 Å². The zero-order valence-corrected chi connectivity index (χ0v) is 16.0. The molecule has 0 N–H and O–H groups in total. The second-order valence-electron chi connectivity index (χ2n) is 8.26. The van der Waals surface area contributed by atoms with E-state index in [9.17, 15) is 4.79 Å². The predicted octanol–water partition coefficient (Wildman–Crippen LogP) is 3.07. The number of rotatable bonds is 5. The van der Waals surface area contributed by atoms with Crippen LogP contribution in [0.15, 0.2) is 18.2 Å². The Morgan fingerprint density at radius 3 is 2.65 bits per heavy atom. The van der Waals surface area contributed by atoms with Crippen molar-refractivity contribution < 1.29 is 14.3 Å². The standard InChI is InChI=1S/C21H30N2O3/c1-25-18-7-4-16(12-19(18)26-2)13-22-11-3-9-21(14-22)10-8-20(24)23(15-21)17-5-6-17/h4,7,12,17H,3,5-6,8-11,13-15H2,1-2H3. The molecule has 0 radical (unpaired) electrons. The average molecular weight is 358 g/mol. The lowest BCUT2D eigenvalue weighted by Crippen LogP contribution is -2.54. The maximum atomic E-state index is 12.3. The van der Waals surface area contributed by atoms with E-state index >= 15 is 0 Å². The first-order valence-electron chi connectivity index (χ1n) is 9.85. The Morgan fingerprint density at radius 2 is 1.92 bits per heavy atom. The van der Waals surface area contributed by atoms with Gasteiger partial charge in [0.25, 0.3) is 0 Å². The van der Waals surface area contributed by atoms with Gasteiger partial charge in [-0.25, -0.2) is 0 Å². The minimum Gasteiger partial charge on any atom is -0.493 e. The van der Waals surface area contributed by atoms with Crippen LogP contribution in [0, 0.1) is 5.41 Å². The molecule has 1 aliphatic carbocycles. The molecule has 0 aromatic heterocycles. The molecular weight excluding hydrogens is 328 g/mol. The number of likely N-dealkylation sites (tertiary alicyclic amines) is 2. The van der Waals surface area contributed by atoms with Gasteiger partial charge in [-0.05, 0) is 56.3 Å². The Bertz CT molecular complexity index is 673. The highest BCUT2D eigenvalue weighted by Crippen LogP contribution is 2.42. The Morgan fingerprint density at radius 1 is 1.12 bits per heavy atom. The first-order chi connectivity index (χ1) is 12.6. The number of nitrogens with zero attached hydrogens (tertiary/aromatic N) is 2. The van der Waals surface area contributed by atoms with Crippen molar-refractivity contribution in [3.05, 3.63) is 23.8 Å². The third-order valence-electron chi connectivity index (χ3n) is 6.28. The summed E-state index contributed by atoms with van der Waals surface area (Å²) in [5, 5.41) is 0. The zero-order chi connectivity index (χ0) is 18.1.